The number of nitrogens with one attached hydrogen (secondary N) is 2. The lowest BCUT2D eigenvalue weighted by molar-refractivity contribution is 1.05. The number of aromatic nitrogens is 4. The Kier molecular flexibility index (Phi) is 4.06. The molecule has 0 radical (unpaired) electrons. The maximum atomic E-state index is 6.07. The summed E-state index contributed by atoms with van der Waals surface area (Å²) in [7, 11) is 1.93. The Morgan fingerprint density at radius 1 is 1.12 bits per heavy atom. The summed E-state index contributed by atoms with van der Waals surface area (Å²) in [6.45, 7) is 0. The van der Waals surface area contributed by atoms with Gasteiger partial charge in [0.2, 0.25) is 0 Å². The fourth-order valence-electron chi connectivity index (χ4n) is 2.70. The van der Waals surface area contributed by atoms with Gasteiger partial charge in [-0.2, -0.15) is 5.10 Å². The number of nitrogens with zero attached hydrogens (tertiary/aromatic N) is 4. The second-order valence-corrected chi connectivity index (χ2v) is 6.22. The van der Waals surface area contributed by atoms with E-state index in [-0.39, 0.29) is 0 Å². The van der Waals surface area contributed by atoms with E-state index in [1.165, 1.54) is 6.33 Å². The molecule has 4 rings (SSSR count). The van der Waals surface area contributed by atoms with Gasteiger partial charge in [0.25, 0.3) is 0 Å². The average molecular weight is 366 g/mol. The van der Waals surface area contributed by atoms with E-state index in [4.69, 9.17) is 17.3 Å². The van der Waals surface area contributed by atoms with Crippen LogP contribution in [0.25, 0.3) is 11.0 Å². The van der Waals surface area contributed by atoms with Gasteiger partial charge in [-0.1, -0.05) is 17.7 Å². The summed E-state index contributed by atoms with van der Waals surface area (Å²) in [6.07, 6.45) is 1.49. The van der Waals surface area contributed by atoms with Crippen molar-refractivity contribution in [1.82, 2.24) is 20.2 Å². The van der Waals surface area contributed by atoms with Crippen LogP contribution in [0.1, 0.15) is 0 Å². The molecule has 0 aliphatic rings. The van der Waals surface area contributed by atoms with Gasteiger partial charge in [0.05, 0.1) is 0 Å². The highest BCUT2D eigenvalue weighted by atomic mass is 35.5. The first-order valence-corrected chi connectivity index (χ1v) is 8.30. The van der Waals surface area contributed by atoms with Crippen LogP contribution < -0.4 is 16.0 Å². The van der Waals surface area contributed by atoms with Crippen molar-refractivity contribution in [2.75, 3.05) is 23.0 Å². The summed E-state index contributed by atoms with van der Waals surface area (Å²) in [4.78, 5) is 10.6. The van der Waals surface area contributed by atoms with Crippen molar-refractivity contribution in [2.45, 2.75) is 0 Å². The fourth-order valence-corrected chi connectivity index (χ4v) is 2.89. The maximum absolute atomic E-state index is 6.07. The van der Waals surface area contributed by atoms with E-state index in [2.05, 4.69) is 25.5 Å². The van der Waals surface area contributed by atoms with Crippen LogP contribution in [0, 0.1) is 0 Å². The summed E-state index contributed by atoms with van der Waals surface area (Å²) < 4.78 is 0. The van der Waals surface area contributed by atoms with Crippen LogP contribution in [0.2, 0.25) is 5.02 Å². The number of rotatable bonds is 4. The Bertz CT molecular complexity index is 1060. The fraction of sp³-hybridized carbons (Fsp3) is 0.0556. The number of fused-ring (bicyclic) bond motifs is 1. The number of hydrogen-bond donors (Lipinski definition) is 3. The Balaban J connectivity index is 1.78. The van der Waals surface area contributed by atoms with Crippen LogP contribution in [-0.4, -0.2) is 27.2 Å². The van der Waals surface area contributed by atoms with E-state index >= 15 is 0 Å². The molecule has 26 heavy (non-hydrogen) atoms. The minimum Gasteiger partial charge on any atom is -0.399 e. The van der Waals surface area contributed by atoms with Gasteiger partial charge in [0.1, 0.15) is 17.5 Å². The molecule has 0 fully saturated rings. The van der Waals surface area contributed by atoms with Crippen molar-refractivity contribution < 1.29 is 0 Å². The van der Waals surface area contributed by atoms with Crippen molar-refractivity contribution >= 4 is 51.3 Å². The molecule has 4 N–H and O–H groups in total. The number of nitrogen functional groups attached to an aromatic ring is 1. The summed E-state index contributed by atoms with van der Waals surface area (Å²) in [5.74, 6) is 1.35. The quantitative estimate of drug-likeness (QED) is 0.471. The first-order chi connectivity index (χ1) is 12.6. The largest absolute Gasteiger partial charge is 0.399 e. The highest BCUT2D eigenvalue weighted by molar-refractivity contribution is 6.30. The number of benzene rings is 2. The molecule has 2 aromatic heterocycles. The summed E-state index contributed by atoms with van der Waals surface area (Å²) in [5.41, 5.74) is 8.91. The average Bonchev–Trinajstić information content (AvgIpc) is 3.07. The predicted molar refractivity (Wildman–Crippen MR) is 105 cm³/mol. The van der Waals surface area contributed by atoms with Crippen molar-refractivity contribution in [2.24, 2.45) is 0 Å². The Morgan fingerprint density at radius 2 is 1.92 bits per heavy atom. The SMILES string of the molecule is CN(c1ccc(N)cc1)c1n[nH]c2ncnc(Nc3cccc(Cl)c3)c12. The molecule has 2 aromatic carbocycles. The van der Waals surface area contributed by atoms with E-state index in [1.807, 2.05) is 60.5 Å². The third-order valence-electron chi connectivity index (χ3n) is 4.02. The maximum Gasteiger partial charge on any atom is 0.167 e. The zero-order valence-corrected chi connectivity index (χ0v) is 14.7. The van der Waals surface area contributed by atoms with Gasteiger partial charge in [-0.15, -0.1) is 0 Å². The zero-order chi connectivity index (χ0) is 18.1. The van der Waals surface area contributed by atoms with Gasteiger partial charge in [-0.25, -0.2) is 9.97 Å². The van der Waals surface area contributed by atoms with Gasteiger partial charge in [0, 0.05) is 29.1 Å². The van der Waals surface area contributed by atoms with Gasteiger partial charge in [0.15, 0.2) is 11.5 Å². The Morgan fingerprint density at radius 3 is 2.69 bits per heavy atom. The molecule has 0 spiro atoms. The van der Waals surface area contributed by atoms with Crippen LogP contribution in [0.5, 0.6) is 0 Å². The minimum absolute atomic E-state index is 0.641. The number of hydrogen-bond acceptors (Lipinski definition) is 6. The summed E-state index contributed by atoms with van der Waals surface area (Å²) in [6, 6.07) is 15.0. The van der Waals surface area contributed by atoms with E-state index in [0.29, 0.717) is 28.0 Å². The van der Waals surface area contributed by atoms with Gasteiger partial charge in [-0.3, -0.25) is 5.10 Å². The van der Waals surface area contributed by atoms with E-state index in [1.54, 1.807) is 0 Å². The second-order valence-electron chi connectivity index (χ2n) is 5.78. The molecule has 130 valence electrons. The van der Waals surface area contributed by atoms with E-state index < -0.39 is 0 Å². The molecule has 0 saturated heterocycles. The number of halogens is 1. The molecule has 0 unspecified atom stereocenters. The van der Waals surface area contributed by atoms with Gasteiger partial charge >= 0.3 is 0 Å². The molecule has 2 heterocycles. The predicted octanol–water partition coefficient (Wildman–Crippen LogP) is 4.10. The lowest BCUT2D eigenvalue weighted by Gasteiger charge is -2.18. The summed E-state index contributed by atoms with van der Waals surface area (Å²) in [5, 5.41) is 12.1. The standard InChI is InChI=1S/C18H16ClN7/c1-26(14-7-5-12(20)6-8-14)18-15-16(21-10-22-17(15)24-25-18)23-13-4-2-3-11(19)9-13/h2-10H,20H2,1H3,(H2,21,22,23,24,25). The molecule has 4 aromatic rings. The number of aromatic amines is 1. The minimum atomic E-state index is 0.641. The third kappa shape index (κ3) is 3.00. The molecule has 0 amide bonds. The van der Waals surface area contributed by atoms with Crippen molar-refractivity contribution in [1.29, 1.82) is 0 Å². The lowest BCUT2D eigenvalue weighted by Crippen LogP contribution is -2.11. The Hall–Kier alpha value is -3.32. The van der Waals surface area contributed by atoms with Gasteiger partial charge in [-0.05, 0) is 42.5 Å². The zero-order valence-electron chi connectivity index (χ0n) is 13.9. The van der Waals surface area contributed by atoms with Crippen molar-refractivity contribution in [3.63, 3.8) is 0 Å². The highest BCUT2D eigenvalue weighted by Crippen LogP contribution is 2.33. The second kappa shape index (κ2) is 6.53. The van der Waals surface area contributed by atoms with E-state index in [9.17, 15) is 0 Å². The number of anilines is 5. The molecule has 0 aliphatic carbocycles. The van der Waals surface area contributed by atoms with Crippen molar-refractivity contribution in [3.8, 4) is 0 Å². The van der Waals surface area contributed by atoms with Crippen LogP contribution in [0.4, 0.5) is 28.7 Å². The normalized spacial score (nSPS) is 10.8. The molecular weight excluding hydrogens is 350 g/mol. The van der Waals surface area contributed by atoms with Crippen LogP contribution in [0.3, 0.4) is 0 Å². The van der Waals surface area contributed by atoms with E-state index in [0.717, 1.165) is 16.8 Å². The molecule has 0 aliphatic heterocycles. The Labute approximate surface area is 154 Å². The molecule has 0 bridgehead atoms. The molecule has 8 heteroatoms. The third-order valence-corrected chi connectivity index (χ3v) is 4.26. The molecule has 7 nitrogen and oxygen atoms in total. The highest BCUT2D eigenvalue weighted by Gasteiger charge is 2.17. The molecule has 0 atom stereocenters. The lowest BCUT2D eigenvalue weighted by atomic mass is 10.2. The van der Waals surface area contributed by atoms with Crippen LogP contribution in [0.15, 0.2) is 54.9 Å². The first-order valence-electron chi connectivity index (χ1n) is 7.93. The number of H-pyrrole nitrogens is 1. The molecular formula is C18H16ClN7. The smallest absolute Gasteiger partial charge is 0.167 e. The summed E-state index contributed by atoms with van der Waals surface area (Å²) >= 11 is 6.07. The topological polar surface area (TPSA) is 95.8 Å². The first kappa shape index (κ1) is 16.2. The van der Waals surface area contributed by atoms with Gasteiger partial charge < -0.3 is 16.0 Å². The monoisotopic (exact) mass is 365 g/mol. The molecule has 0 saturated carbocycles. The van der Waals surface area contributed by atoms with Crippen molar-refractivity contribution in [3.05, 3.63) is 59.9 Å². The van der Waals surface area contributed by atoms with Crippen LogP contribution >= 0.6 is 11.6 Å². The number of nitrogens with two attached hydrogens (primary N) is 1. The van der Waals surface area contributed by atoms with Crippen LogP contribution in [-0.2, 0) is 0 Å².